The van der Waals surface area contributed by atoms with E-state index in [4.69, 9.17) is 0 Å². The van der Waals surface area contributed by atoms with E-state index in [0.717, 1.165) is 10.6 Å². The molecule has 1 N–H and O–H groups in total. The first-order chi connectivity index (χ1) is 11.4. The molecule has 2 amide bonds. The first-order valence-electron chi connectivity index (χ1n) is 7.68. The van der Waals surface area contributed by atoms with Crippen LogP contribution in [0.2, 0.25) is 0 Å². The number of amides is 2. The molecule has 0 unspecified atom stereocenters. The third-order valence-corrected chi connectivity index (χ3v) is 4.50. The highest BCUT2D eigenvalue weighted by Crippen LogP contribution is 2.34. The number of anilines is 2. The number of carbonyl (C=O) groups excluding carboxylic acids is 3. The van der Waals surface area contributed by atoms with Crippen LogP contribution in [0.4, 0.5) is 11.4 Å². The van der Waals surface area contributed by atoms with Gasteiger partial charge in [-0.2, -0.15) is 0 Å². The Balaban J connectivity index is 2.00. The molecule has 0 radical (unpaired) electrons. The van der Waals surface area contributed by atoms with Crippen molar-refractivity contribution in [3.63, 3.8) is 0 Å². The second kappa shape index (κ2) is 5.60. The topological polar surface area (TPSA) is 66.5 Å². The summed E-state index contributed by atoms with van der Waals surface area (Å²) < 4.78 is 0. The summed E-state index contributed by atoms with van der Waals surface area (Å²) in [6.07, 6.45) is 6.51. The van der Waals surface area contributed by atoms with Crippen molar-refractivity contribution in [2.75, 3.05) is 17.3 Å². The summed E-state index contributed by atoms with van der Waals surface area (Å²) >= 11 is 0. The molecule has 1 aromatic rings. The highest BCUT2D eigenvalue weighted by atomic mass is 16.2. The van der Waals surface area contributed by atoms with Gasteiger partial charge >= 0.3 is 0 Å². The van der Waals surface area contributed by atoms with Crippen molar-refractivity contribution in [2.45, 2.75) is 13.8 Å². The van der Waals surface area contributed by atoms with Gasteiger partial charge in [-0.05, 0) is 32.0 Å². The summed E-state index contributed by atoms with van der Waals surface area (Å²) in [6.45, 7) is 3.25. The Morgan fingerprint density at radius 2 is 1.67 bits per heavy atom. The quantitative estimate of drug-likeness (QED) is 0.869. The number of Topliss-reactive ketones (excluding diaryl/α,β-unsaturated/α-hetero) is 1. The van der Waals surface area contributed by atoms with Crippen molar-refractivity contribution in [1.29, 1.82) is 0 Å². The zero-order valence-electron chi connectivity index (χ0n) is 13.8. The van der Waals surface area contributed by atoms with Crippen LogP contribution in [0.25, 0.3) is 0 Å². The van der Waals surface area contributed by atoms with E-state index in [1.165, 1.54) is 6.92 Å². The molecular formula is C19H18N2O3. The molecule has 1 aromatic carbocycles. The molecule has 0 atom stereocenters. The van der Waals surface area contributed by atoms with Crippen molar-refractivity contribution in [1.82, 2.24) is 0 Å². The summed E-state index contributed by atoms with van der Waals surface area (Å²) in [6, 6.07) is 7.10. The van der Waals surface area contributed by atoms with E-state index in [0.29, 0.717) is 16.8 Å². The molecule has 1 aliphatic heterocycles. The molecule has 2 aliphatic rings. The van der Waals surface area contributed by atoms with E-state index in [2.05, 4.69) is 5.32 Å². The number of imide groups is 1. The zero-order valence-corrected chi connectivity index (χ0v) is 13.8. The molecule has 1 aliphatic carbocycles. The smallest absolute Gasteiger partial charge is 0.266 e. The number of hydrogen-bond acceptors (Lipinski definition) is 4. The minimum atomic E-state index is -0.804. The summed E-state index contributed by atoms with van der Waals surface area (Å²) in [5.74, 6) is -0.802. The Bertz CT molecular complexity index is 810. The number of allylic oxidation sites excluding steroid dienone is 2. The Kier molecular flexibility index (Phi) is 3.72. The van der Waals surface area contributed by atoms with Gasteiger partial charge in [-0.1, -0.05) is 30.4 Å². The van der Waals surface area contributed by atoms with Crippen LogP contribution < -0.4 is 10.2 Å². The summed E-state index contributed by atoms with van der Waals surface area (Å²) in [5, 5.41) is 2.99. The van der Waals surface area contributed by atoms with Crippen molar-refractivity contribution in [2.24, 2.45) is 5.41 Å². The summed E-state index contributed by atoms with van der Waals surface area (Å²) in [5.41, 5.74) is 1.15. The van der Waals surface area contributed by atoms with Gasteiger partial charge in [0.05, 0.1) is 22.2 Å². The van der Waals surface area contributed by atoms with Crippen LogP contribution in [-0.4, -0.2) is 24.6 Å². The van der Waals surface area contributed by atoms with Gasteiger partial charge in [-0.25, -0.2) is 4.90 Å². The standard InChI is InChI=1S/C19H18N2O3/c1-12(22)19(2)9-7-15-16(8-10-19)18(24)21(17(15)23)14-6-4-5-13(11-14)20-3/h4-11,20H,1-3H3. The number of carbonyl (C=O) groups is 3. The lowest BCUT2D eigenvalue weighted by atomic mass is 9.86. The van der Waals surface area contributed by atoms with Crippen LogP contribution in [0.3, 0.4) is 0 Å². The predicted octanol–water partition coefficient (Wildman–Crippen LogP) is 2.62. The van der Waals surface area contributed by atoms with E-state index in [9.17, 15) is 14.4 Å². The molecule has 1 heterocycles. The molecule has 0 fully saturated rings. The molecule has 5 heteroatoms. The zero-order chi connectivity index (χ0) is 17.5. The Labute approximate surface area is 140 Å². The van der Waals surface area contributed by atoms with Gasteiger partial charge in [0.15, 0.2) is 0 Å². The molecule has 0 saturated heterocycles. The fraction of sp³-hybridized carbons (Fsp3) is 0.211. The number of nitrogens with zero attached hydrogens (tertiary/aromatic N) is 1. The van der Waals surface area contributed by atoms with Gasteiger partial charge in [0, 0.05) is 12.7 Å². The van der Waals surface area contributed by atoms with Crippen molar-refractivity contribution < 1.29 is 14.4 Å². The molecule has 24 heavy (non-hydrogen) atoms. The van der Waals surface area contributed by atoms with Gasteiger partial charge in [-0.15, -0.1) is 0 Å². The maximum Gasteiger partial charge on any atom is 0.266 e. The Morgan fingerprint density at radius 1 is 1.08 bits per heavy atom. The van der Waals surface area contributed by atoms with E-state index >= 15 is 0 Å². The molecule has 0 aromatic heterocycles. The molecule has 5 nitrogen and oxygen atoms in total. The average Bonchev–Trinajstić information content (AvgIpc) is 2.70. The van der Waals surface area contributed by atoms with Gasteiger partial charge in [-0.3, -0.25) is 14.4 Å². The molecule has 0 spiro atoms. The van der Waals surface area contributed by atoms with Crippen LogP contribution in [0.15, 0.2) is 59.7 Å². The first kappa shape index (κ1) is 15.9. The second-order valence-corrected chi connectivity index (χ2v) is 6.08. The highest BCUT2D eigenvalue weighted by molar-refractivity contribution is 6.35. The van der Waals surface area contributed by atoms with Crippen molar-refractivity contribution in [3.05, 3.63) is 59.7 Å². The summed E-state index contributed by atoms with van der Waals surface area (Å²) in [4.78, 5) is 38.4. The molecule has 0 bridgehead atoms. The lowest BCUT2D eigenvalue weighted by molar-refractivity contribution is -0.122. The predicted molar refractivity (Wildman–Crippen MR) is 92.6 cm³/mol. The third-order valence-electron chi connectivity index (χ3n) is 4.50. The average molecular weight is 322 g/mol. The number of hydrogen-bond donors (Lipinski definition) is 1. The van der Waals surface area contributed by atoms with E-state index in [1.54, 1.807) is 56.5 Å². The lowest BCUT2D eigenvalue weighted by Crippen LogP contribution is -2.31. The van der Waals surface area contributed by atoms with Gasteiger partial charge < -0.3 is 5.32 Å². The Hall–Kier alpha value is -2.95. The van der Waals surface area contributed by atoms with E-state index in [-0.39, 0.29) is 17.6 Å². The SMILES string of the molecule is CNc1cccc(N2C(=O)C3=C(C=CC(C)(C(C)=O)C=C3)C2=O)c1. The minimum absolute atomic E-state index is 0.0466. The van der Waals surface area contributed by atoms with Crippen LogP contribution in [-0.2, 0) is 14.4 Å². The number of ketones is 1. The van der Waals surface area contributed by atoms with E-state index in [1.807, 2.05) is 6.07 Å². The number of nitrogens with one attached hydrogen (secondary N) is 1. The first-order valence-corrected chi connectivity index (χ1v) is 7.68. The Morgan fingerprint density at radius 3 is 2.17 bits per heavy atom. The maximum atomic E-state index is 12.7. The van der Waals surface area contributed by atoms with E-state index < -0.39 is 5.41 Å². The minimum Gasteiger partial charge on any atom is -0.388 e. The molecule has 122 valence electrons. The normalized spacial score (nSPS) is 18.7. The van der Waals surface area contributed by atoms with Crippen LogP contribution in [0.5, 0.6) is 0 Å². The van der Waals surface area contributed by atoms with Gasteiger partial charge in [0.1, 0.15) is 5.78 Å². The summed E-state index contributed by atoms with van der Waals surface area (Å²) in [7, 11) is 1.77. The van der Waals surface area contributed by atoms with Crippen molar-refractivity contribution in [3.8, 4) is 0 Å². The largest absolute Gasteiger partial charge is 0.388 e. The maximum absolute atomic E-state index is 12.7. The number of rotatable bonds is 3. The fourth-order valence-corrected chi connectivity index (χ4v) is 2.72. The fourth-order valence-electron chi connectivity index (χ4n) is 2.72. The van der Waals surface area contributed by atoms with Crippen LogP contribution in [0, 0.1) is 5.41 Å². The molecular weight excluding hydrogens is 304 g/mol. The monoisotopic (exact) mass is 322 g/mol. The number of benzene rings is 1. The lowest BCUT2D eigenvalue weighted by Gasteiger charge is -2.19. The third kappa shape index (κ3) is 2.38. The second-order valence-electron chi connectivity index (χ2n) is 6.08. The van der Waals surface area contributed by atoms with Crippen molar-refractivity contribution >= 4 is 29.0 Å². The van der Waals surface area contributed by atoms with Gasteiger partial charge in [0.25, 0.3) is 11.8 Å². The molecule has 3 rings (SSSR count). The van der Waals surface area contributed by atoms with Crippen LogP contribution >= 0.6 is 0 Å². The highest BCUT2D eigenvalue weighted by Gasteiger charge is 2.39. The van der Waals surface area contributed by atoms with Crippen LogP contribution in [0.1, 0.15) is 13.8 Å². The van der Waals surface area contributed by atoms with Gasteiger partial charge in [0.2, 0.25) is 0 Å². The molecule has 0 saturated carbocycles.